The molecule has 6 nitrogen and oxygen atoms in total. The lowest BCUT2D eigenvalue weighted by Crippen LogP contribution is -2.40. The number of hydrogen-bond donors (Lipinski definition) is 2. The molecule has 0 bridgehead atoms. The second-order valence-electron chi connectivity index (χ2n) is 5.22. The Morgan fingerprint density at radius 3 is 2.30 bits per heavy atom. The minimum atomic E-state index is -3.09. The second kappa shape index (κ2) is 9.99. The van der Waals surface area contributed by atoms with Crippen LogP contribution < -0.4 is 10.6 Å². The van der Waals surface area contributed by atoms with Crippen molar-refractivity contribution < 1.29 is 8.42 Å². The Hall–Kier alpha value is -0.820. The molecule has 0 saturated heterocycles. The Morgan fingerprint density at radius 1 is 1.25 bits per heavy atom. The predicted molar refractivity (Wildman–Crippen MR) is 85.5 cm³/mol. The first kappa shape index (κ1) is 19.2. The predicted octanol–water partition coefficient (Wildman–Crippen LogP) is 0.869. The minimum absolute atomic E-state index is 0.514. The zero-order valence-corrected chi connectivity index (χ0v) is 14.3. The van der Waals surface area contributed by atoms with Gasteiger partial charge in [0.1, 0.15) is 0 Å². The fourth-order valence-corrected chi connectivity index (χ4v) is 2.65. The lowest BCUT2D eigenvalue weighted by Gasteiger charge is -2.18. The maximum absolute atomic E-state index is 11.4. The maximum atomic E-state index is 11.4. The third-order valence-electron chi connectivity index (χ3n) is 2.94. The summed E-state index contributed by atoms with van der Waals surface area (Å²) in [7, 11) is -1.35. The summed E-state index contributed by atoms with van der Waals surface area (Å²) in [5.74, 6) is 1.43. The van der Waals surface area contributed by atoms with Gasteiger partial charge in [0, 0.05) is 33.2 Å². The van der Waals surface area contributed by atoms with Crippen LogP contribution in [-0.2, 0) is 10.0 Å². The Labute approximate surface area is 124 Å². The molecule has 0 fully saturated rings. The van der Waals surface area contributed by atoms with Gasteiger partial charge < -0.3 is 10.6 Å². The van der Waals surface area contributed by atoms with E-state index in [0.29, 0.717) is 25.6 Å². The van der Waals surface area contributed by atoms with Crippen molar-refractivity contribution in [2.75, 3.05) is 39.5 Å². The molecule has 0 aliphatic carbocycles. The van der Waals surface area contributed by atoms with E-state index in [1.807, 2.05) is 6.92 Å². The Balaban J connectivity index is 3.92. The molecular formula is C13H30N4O2S. The van der Waals surface area contributed by atoms with Gasteiger partial charge in [-0.2, -0.15) is 0 Å². The molecule has 0 amide bonds. The fourth-order valence-electron chi connectivity index (χ4n) is 1.72. The van der Waals surface area contributed by atoms with Crippen molar-refractivity contribution >= 4 is 16.0 Å². The number of rotatable bonds is 9. The molecule has 0 aromatic carbocycles. The van der Waals surface area contributed by atoms with Crippen LogP contribution in [0.25, 0.3) is 0 Å². The zero-order chi connectivity index (χ0) is 15.6. The van der Waals surface area contributed by atoms with E-state index in [1.165, 1.54) is 10.6 Å². The van der Waals surface area contributed by atoms with Crippen molar-refractivity contribution in [3.8, 4) is 0 Å². The molecule has 0 aliphatic rings. The number of hydrogen-bond acceptors (Lipinski definition) is 3. The van der Waals surface area contributed by atoms with Gasteiger partial charge in [-0.3, -0.25) is 4.99 Å². The number of guanidine groups is 1. The molecule has 120 valence electrons. The van der Waals surface area contributed by atoms with E-state index in [4.69, 9.17) is 0 Å². The average molecular weight is 306 g/mol. The lowest BCUT2D eigenvalue weighted by molar-refractivity contribution is 0.424. The summed E-state index contributed by atoms with van der Waals surface area (Å²) < 4.78 is 24.3. The van der Waals surface area contributed by atoms with Crippen LogP contribution in [0.1, 0.15) is 33.6 Å². The molecule has 2 N–H and O–H groups in total. The van der Waals surface area contributed by atoms with E-state index < -0.39 is 10.0 Å². The smallest absolute Gasteiger partial charge is 0.211 e. The van der Waals surface area contributed by atoms with Gasteiger partial charge in [-0.15, -0.1) is 0 Å². The SMILES string of the molecule is CCN(CCCNC(=NC)NCCC(C)C)S(C)(=O)=O. The quantitative estimate of drug-likeness (QED) is 0.377. The Bertz CT molecular complexity index is 380. The Morgan fingerprint density at radius 2 is 1.85 bits per heavy atom. The molecule has 0 rings (SSSR count). The van der Waals surface area contributed by atoms with E-state index in [-0.39, 0.29) is 0 Å². The monoisotopic (exact) mass is 306 g/mol. The van der Waals surface area contributed by atoms with Crippen LogP contribution in [0.15, 0.2) is 4.99 Å². The number of aliphatic imine (C=N–C) groups is 1. The van der Waals surface area contributed by atoms with Crippen LogP contribution in [0.2, 0.25) is 0 Å². The molecule has 0 saturated carbocycles. The first-order valence-corrected chi connectivity index (χ1v) is 9.05. The number of nitrogens with zero attached hydrogens (tertiary/aromatic N) is 2. The maximum Gasteiger partial charge on any atom is 0.211 e. The topological polar surface area (TPSA) is 73.8 Å². The first-order chi connectivity index (χ1) is 9.31. The molecule has 0 aromatic heterocycles. The zero-order valence-electron chi connectivity index (χ0n) is 13.4. The summed E-state index contributed by atoms with van der Waals surface area (Å²) in [5, 5.41) is 6.43. The molecule has 0 spiro atoms. The summed E-state index contributed by atoms with van der Waals surface area (Å²) in [6, 6.07) is 0. The largest absolute Gasteiger partial charge is 0.356 e. The molecular weight excluding hydrogens is 276 g/mol. The first-order valence-electron chi connectivity index (χ1n) is 7.20. The van der Waals surface area contributed by atoms with Gasteiger partial charge in [-0.25, -0.2) is 12.7 Å². The van der Waals surface area contributed by atoms with Crippen LogP contribution in [0.3, 0.4) is 0 Å². The van der Waals surface area contributed by atoms with Gasteiger partial charge in [0.15, 0.2) is 5.96 Å². The van der Waals surface area contributed by atoms with Crippen molar-refractivity contribution in [3.05, 3.63) is 0 Å². The van der Waals surface area contributed by atoms with Gasteiger partial charge >= 0.3 is 0 Å². The molecule has 0 heterocycles. The number of nitrogens with one attached hydrogen (secondary N) is 2. The Kier molecular flexibility index (Phi) is 9.58. The highest BCUT2D eigenvalue weighted by atomic mass is 32.2. The molecule has 20 heavy (non-hydrogen) atoms. The summed E-state index contributed by atoms with van der Waals surface area (Å²) in [6.45, 7) is 8.85. The highest BCUT2D eigenvalue weighted by Crippen LogP contribution is 1.98. The van der Waals surface area contributed by atoms with Crippen molar-refractivity contribution in [2.45, 2.75) is 33.6 Å². The molecule has 0 radical (unpaired) electrons. The summed E-state index contributed by atoms with van der Waals surface area (Å²) in [6.07, 6.45) is 3.10. The van der Waals surface area contributed by atoms with Crippen molar-refractivity contribution in [1.29, 1.82) is 0 Å². The molecule has 0 unspecified atom stereocenters. The van der Waals surface area contributed by atoms with Crippen LogP contribution in [-0.4, -0.2) is 58.2 Å². The van der Waals surface area contributed by atoms with Crippen LogP contribution in [0.5, 0.6) is 0 Å². The van der Waals surface area contributed by atoms with E-state index in [9.17, 15) is 8.42 Å². The van der Waals surface area contributed by atoms with E-state index in [1.54, 1.807) is 7.05 Å². The third kappa shape index (κ3) is 9.14. The van der Waals surface area contributed by atoms with Crippen molar-refractivity contribution in [3.63, 3.8) is 0 Å². The highest BCUT2D eigenvalue weighted by Gasteiger charge is 2.13. The molecule has 0 aliphatic heterocycles. The van der Waals surface area contributed by atoms with E-state index >= 15 is 0 Å². The molecule has 7 heteroatoms. The number of sulfonamides is 1. The standard InChI is InChI=1S/C13H30N4O2S/c1-6-17(20(5,18)19)11-7-9-15-13(14-4)16-10-8-12(2)3/h12H,6-11H2,1-5H3,(H2,14,15,16). The summed E-state index contributed by atoms with van der Waals surface area (Å²) in [4.78, 5) is 4.13. The highest BCUT2D eigenvalue weighted by molar-refractivity contribution is 7.88. The van der Waals surface area contributed by atoms with Crippen molar-refractivity contribution in [1.82, 2.24) is 14.9 Å². The molecule has 0 atom stereocenters. The van der Waals surface area contributed by atoms with Gasteiger partial charge in [0.2, 0.25) is 10.0 Å². The normalized spacial score (nSPS) is 13.1. The van der Waals surface area contributed by atoms with Gasteiger partial charge in [0.05, 0.1) is 6.26 Å². The fraction of sp³-hybridized carbons (Fsp3) is 0.923. The van der Waals surface area contributed by atoms with E-state index in [0.717, 1.165) is 25.3 Å². The van der Waals surface area contributed by atoms with Crippen molar-refractivity contribution in [2.24, 2.45) is 10.9 Å². The van der Waals surface area contributed by atoms with Crippen LogP contribution >= 0.6 is 0 Å². The summed E-state index contributed by atoms with van der Waals surface area (Å²) >= 11 is 0. The summed E-state index contributed by atoms with van der Waals surface area (Å²) in [5.41, 5.74) is 0. The van der Waals surface area contributed by atoms with Crippen LogP contribution in [0, 0.1) is 5.92 Å². The van der Waals surface area contributed by atoms with Crippen LogP contribution in [0.4, 0.5) is 0 Å². The second-order valence-corrected chi connectivity index (χ2v) is 7.20. The third-order valence-corrected chi connectivity index (χ3v) is 4.32. The van der Waals surface area contributed by atoms with Gasteiger partial charge in [-0.1, -0.05) is 20.8 Å². The molecule has 0 aromatic rings. The minimum Gasteiger partial charge on any atom is -0.356 e. The van der Waals surface area contributed by atoms with Gasteiger partial charge in [0.25, 0.3) is 0 Å². The van der Waals surface area contributed by atoms with Gasteiger partial charge in [-0.05, 0) is 18.8 Å². The average Bonchev–Trinajstić information content (AvgIpc) is 2.34. The van der Waals surface area contributed by atoms with E-state index in [2.05, 4.69) is 29.5 Å². The lowest BCUT2D eigenvalue weighted by atomic mass is 10.1.